The Hall–Kier alpha value is -2.21. The van der Waals surface area contributed by atoms with Crippen molar-refractivity contribution in [2.24, 2.45) is 0 Å². The minimum absolute atomic E-state index is 0.0108. The van der Waals surface area contributed by atoms with Crippen LogP contribution >= 0.6 is 0 Å². The lowest BCUT2D eigenvalue weighted by Crippen LogP contribution is -2.21. The second-order valence-electron chi connectivity index (χ2n) is 4.30. The molecule has 3 aromatic rings. The number of nitrogens with zero attached hydrogens (tertiary/aromatic N) is 5. The number of hydrogen-bond donors (Lipinski definition) is 1. The van der Waals surface area contributed by atoms with E-state index < -0.39 is 0 Å². The number of imidazole rings is 1. The molecule has 0 saturated heterocycles. The van der Waals surface area contributed by atoms with E-state index in [4.69, 9.17) is 0 Å². The highest BCUT2D eigenvalue weighted by molar-refractivity contribution is 5.54. The van der Waals surface area contributed by atoms with Crippen LogP contribution in [0.15, 0.2) is 37.2 Å². The van der Waals surface area contributed by atoms with Crippen LogP contribution in [0.4, 0.5) is 0 Å². The van der Waals surface area contributed by atoms with Gasteiger partial charge in [0.2, 0.25) is 0 Å². The van der Waals surface area contributed by atoms with Gasteiger partial charge in [-0.25, -0.2) is 9.50 Å². The minimum atomic E-state index is 0.0108. The lowest BCUT2D eigenvalue weighted by molar-refractivity contribution is 0.593. The van der Waals surface area contributed by atoms with E-state index in [1.807, 2.05) is 42.5 Å². The molecule has 0 spiro atoms. The van der Waals surface area contributed by atoms with E-state index >= 15 is 0 Å². The molecular weight excluding hydrogens is 240 g/mol. The second-order valence-corrected chi connectivity index (χ2v) is 4.30. The van der Waals surface area contributed by atoms with Crippen LogP contribution in [0, 0.1) is 0 Å². The number of aryl methyl sites for hydroxylation is 1. The summed E-state index contributed by atoms with van der Waals surface area (Å²) in [4.78, 5) is 8.63. The number of rotatable bonds is 4. The Bertz CT molecular complexity index is 683. The zero-order valence-corrected chi connectivity index (χ0v) is 11.0. The summed E-state index contributed by atoms with van der Waals surface area (Å²) < 4.78 is 3.95. The molecule has 0 aliphatic heterocycles. The van der Waals surface area contributed by atoms with E-state index in [-0.39, 0.29) is 6.04 Å². The molecular formula is C13H16N6. The average molecular weight is 256 g/mol. The van der Waals surface area contributed by atoms with Crippen molar-refractivity contribution in [2.45, 2.75) is 19.5 Å². The van der Waals surface area contributed by atoms with Gasteiger partial charge in [-0.2, -0.15) is 5.10 Å². The van der Waals surface area contributed by atoms with Crippen LogP contribution in [-0.4, -0.2) is 31.2 Å². The van der Waals surface area contributed by atoms with Gasteiger partial charge in [0, 0.05) is 36.9 Å². The van der Waals surface area contributed by atoms with Crippen LogP contribution < -0.4 is 5.32 Å². The highest BCUT2D eigenvalue weighted by Gasteiger charge is 2.20. The van der Waals surface area contributed by atoms with Gasteiger partial charge >= 0.3 is 0 Å². The molecule has 3 aromatic heterocycles. The third-order valence-electron chi connectivity index (χ3n) is 3.30. The first kappa shape index (κ1) is 11.9. The van der Waals surface area contributed by atoms with Crippen LogP contribution in [0.3, 0.4) is 0 Å². The SMILES string of the molecule is CCn1ccnc1C(NC)c1cnn2ccncc12. The fourth-order valence-corrected chi connectivity index (χ4v) is 2.35. The Balaban J connectivity index is 2.12. The van der Waals surface area contributed by atoms with Crippen LogP contribution in [0.2, 0.25) is 0 Å². The Morgan fingerprint density at radius 1 is 1.26 bits per heavy atom. The van der Waals surface area contributed by atoms with Gasteiger partial charge in [0.15, 0.2) is 0 Å². The molecule has 6 heteroatoms. The highest BCUT2D eigenvalue weighted by atomic mass is 15.2. The summed E-state index contributed by atoms with van der Waals surface area (Å²) in [5, 5.41) is 7.66. The second kappa shape index (κ2) is 4.81. The summed E-state index contributed by atoms with van der Waals surface area (Å²) in [7, 11) is 1.93. The molecule has 1 N–H and O–H groups in total. The molecule has 3 heterocycles. The van der Waals surface area contributed by atoms with Crippen molar-refractivity contribution in [3.05, 3.63) is 48.6 Å². The zero-order chi connectivity index (χ0) is 13.2. The predicted molar refractivity (Wildman–Crippen MR) is 71.8 cm³/mol. The first-order valence-electron chi connectivity index (χ1n) is 6.30. The number of aromatic nitrogens is 5. The van der Waals surface area contributed by atoms with Crippen LogP contribution in [0.25, 0.3) is 5.52 Å². The van der Waals surface area contributed by atoms with Crippen molar-refractivity contribution < 1.29 is 0 Å². The van der Waals surface area contributed by atoms with Gasteiger partial charge in [-0.05, 0) is 14.0 Å². The number of nitrogens with one attached hydrogen (secondary N) is 1. The average Bonchev–Trinajstić information content (AvgIpc) is 3.07. The standard InChI is InChI=1S/C13H16N6/c1-3-18-6-5-16-13(18)12(14-2)10-8-17-19-7-4-15-9-11(10)19/h4-9,12,14H,3H2,1-2H3. The fraction of sp³-hybridized carbons (Fsp3) is 0.308. The molecule has 6 nitrogen and oxygen atoms in total. The van der Waals surface area contributed by atoms with E-state index in [0.717, 1.165) is 23.4 Å². The van der Waals surface area contributed by atoms with E-state index in [1.54, 1.807) is 6.20 Å². The van der Waals surface area contributed by atoms with Crippen molar-refractivity contribution in [1.82, 2.24) is 29.5 Å². The topological polar surface area (TPSA) is 60.0 Å². The predicted octanol–water partition coefficient (Wildman–Crippen LogP) is 1.25. The molecule has 0 radical (unpaired) electrons. The largest absolute Gasteiger partial charge is 0.334 e. The van der Waals surface area contributed by atoms with Gasteiger partial charge in [0.05, 0.1) is 24.0 Å². The van der Waals surface area contributed by atoms with Gasteiger partial charge in [-0.15, -0.1) is 0 Å². The summed E-state index contributed by atoms with van der Waals surface area (Å²) in [6, 6.07) is 0.0108. The van der Waals surface area contributed by atoms with E-state index in [9.17, 15) is 0 Å². The Kier molecular flexibility index (Phi) is 3.00. The smallest absolute Gasteiger partial charge is 0.130 e. The normalized spacial score (nSPS) is 12.9. The first-order valence-corrected chi connectivity index (χ1v) is 6.30. The fourth-order valence-electron chi connectivity index (χ4n) is 2.35. The third-order valence-corrected chi connectivity index (χ3v) is 3.30. The summed E-state index contributed by atoms with van der Waals surface area (Å²) in [5.74, 6) is 0.990. The van der Waals surface area contributed by atoms with Crippen molar-refractivity contribution in [3.8, 4) is 0 Å². The zero-order valence-electron chi connectivity index (χ0n) is 11.0. The van der Waals surface area contributed by atoms with Gasteiger partial charge in [0.1, 0.15) is 5.82 Å². The molecule has 0 fully saturated rings. The van der Waals surface area contributed by atoms with E-state index in [1.165, 1.54) is 0 Å². The molecule has 1 unspecified atom stereocenters. The molecule has 19 heavy (non-hydrogen) atoms. The third kappa shape index (κ3) is 1.90. The monoisotopic (exact) mass is 256 g/mol. The van der Waals surface area contributed by atoms with Crippen LogP contribution in [0.1, 0.15) is 24.4 Å². The number of fused-ring (bicyclic) bond motifs is 1. The molecule has 0 amide bonds. The molecule has 0 saturated carbocycles. The van der Waals surface area contributed by atoms with Crippen LogP contribution in [0.5, 0.6) is 0 Å². The molecule has 1 atom stereocenters. The minimum Gasteiger partial charge on any atom is -0.334 e. The molecule has 0 bridgehead atoms. The van der Waals surface area contributed by atoms with Gasteiger partial charge in [-0.3, -0.25) is 4.98 Å². The first-order chi connectivity index (χ1) is 9.35. The lowest BCUT2D eigenvalue weighted by Gasteiger charge is -2.16. The summed E-state index contributed by atoms with van der Waals surface area (Å²) in [6.07, 6.45) is 11.1. The Labute approximate surface area is 111 Å². The maximum absolute atomic E-state index is 4.46. The lowest BCUT2D eigenvalue weighted by atomic mass is 10.1. The quantitative estimate of drug-likeness (QED) is 0.763. The van der Waals surface area contributed by atoms with Crippen molar-refractivity contribution in [1.29, 1.82) is 0 Å². The Morgan fingerprint density at radius 2 is 2.16 bits per heavy atom. The van der Waals surface area contributed by atoms with Crippen LogP contribution in [-0.2, 0) is 6.54 Å². The van der Waals surface area contributed by atoms with Crippen molar-refractivity contribution in [3.63, 3.8) is 0 Å². The van der Waals surface area contributed by atoms with Gasteiger partial charge in [-0.1, -0.05) is 0 Å². The van der Waals surface area contributed by atoms with Gasteiger partial charge < -0.3 is 9.88 Å². The van der Waals surface area contributed by atoms with E-state index in [0.29, 0.717) is 0 Å². The van der Waals surface area contributed by atoms with Crippen molar-refractivity contribution >= 4 is 5.52 Å². The van der Waals surface area contributed by atoms with Crippen molar-refractivity contribution in [2.75, 3.05) is 7.05 Å². The summed E-state index contributed by atoms with van der Waals surface area (Å²) in [5.41, 5.74) is 2.07. The molecule has 0 aliphatic carbocycles. The van der Waals surface area contributed by atoms with E-state index in [2.05, 4.69) is 31.9 Å². The molecule has 98 valence electrons. The summed E-state index contributed by atoms with van der Waals surface area (Å²) >= 11 is 0. The highest BCUT2D eigenvalue weighted by Crippen LogP contribution is 2.23. The molecule has 0 aromatic carbocycles. The summed E-state index contributed by atoms with van der Waals surface area (Å²) in [6.45, 7) is 3.00. The van der Waals surface area contributed by atoms with Gasteiger partial charge in [0.25, 0.3) is 0 Å². The molecule has 0 aliphatic rings. The molecule has 3 rings (SSSR count). The Morgan fingerprint density at radius 3 is 2.95 bits per heavy atom. The maximum Gasteiger partial charge on any atom is 0.130 e. The maximum atomic E-state index is 4.46. The number of hydrogen-bond acceptors (Lipinski definition) is 4.